The van der Waals surface area contributed by atoms with Crippen molar-refractivity contribution in [3.8, 4) is 0 Å². The molecule has 0 N–H and O–H groups in total. The van der Waals surface area contributed by atoms with Gasteiger partial charge in [0.2, 0.25) is 0 Å². The summed E-state index contributed by atoms with van der Waals surface area (Å²) in [4.78, 5) is 25.0. The van der Waals surface area contributed by atoms with Crippen LogP contribution in [0.1, 0.15) is 87.6 Å². The molecule has 0 heterocycles. The van der Waals surface area contributed by atoms with Crippen molar-refractivity contribution in [2.45, 2.75) is 51.9 Å². The maximum atomic E-state index is 12.6. The Labute approximate surface area is 224 Å². The highest BCUT2D eigenvalue weighted by atomic mass is 16.1. The van der Waals surface area contributed by atoms with Crippen molar-refractivity contribution in [1.29, 1.82) is 0 Å². The summed E-state index contributed by atoms with van der Waals surface area (Å²) < 4.78 is 0. The van der Waals surface area contributed by atoms with Crippen molar-refractivity contribution in [2.75, 3.05) is 0 Å². The highest BCUT2D eigenvalue weighted by molar-refractivity contribution is 6.28. The second-order valence-electron chi connectivity index (χ2n) is 10.6. The molecular weight excluding hydrogens is 464 g/mol. The van der Waals surface area contributed by atoms with Crippen LogP contribution in [-0.2, 0) is 12.8 Å². The maximum Gasteiger partial charge on any atom is 0.194 e. The lowest BCUT2D eigenvalue weighted by molar-refractivity contribution is 0.0979. The van der Waals surface area contributed by atoms with Gasteiger partial charge in [-0.15, -0.1) is 0 Å². The van der Waals surface area contributed by atoms with Gasteiger partial charge in [0.15, 0.2) is 11.6 Å². The van der Waals surface area contributed by atoms with Gasteiger partial charge < -0.3 is 0 Å². The minimum Gasteiger partial charge on any atom is -0.289 e. The van der Waals surface area contributed by atoms with Crippen molar-refractivity contribution < 1.29 is 9.59 Å². The van der Waals surface area contributed by atoms with Gasteiger partial charge in [0.25, 0.3) is 0 Å². The van der Waals surface area contributed by atoms with Crippen molar-refractivity contribution in [2.24, 2.45) is 0 Å². The van der Waals surface area contributed by atoms with Gasteiger partial charge in [-0.05, 0) is 82.3 Å². The third kappa shape index (κ3) is 4.15. The highest BCUT2D eigenvalue weighted by Gasteiger charge is 2.29. The summed E-state index contributed by atoms with van der Waals surface area (Å²) in [5.74, 6) is 0.298. The van der Waals surface area contributed by atoms with E-state index in [1.165, 1.54) is 47.2 Å². The van der Waals surface area contributed by atoms with E-state index in [1.807, 2.05) is 12.1 Å². The molecule has 38 heavy (non-hydrogen) atoms. The molecule has 2 heteroatoms. The monoisotopic (exact) mass is 496 g/mol. The van der Waals surface area contributed by atoms with Crippen LogP contribution in [-0.4, -0.2) is 11.6 Å². The molecule has 2 nitrogen and oxygen atoms in total. The first kappa shape index (κ1) is 24.3. The minimum atomic E-state index is -0.0501. The van der Waals surface area contributed by atoms with Crippen molar-refractivity contribution in [3.63, 3.8) is 0 Å². The van der Waals surface area contributed by atoms with Gasteiger partial charge in [0.1, 0.15) is 0 Å². The van der Waals surface area contributed by atoms with Gasteiger partial charge in [-0.3, -0.25) is 9.59 Å². The van der Waals surface area contributed by atoms with Gasteiger partial charge in [-0.2, -0.15) is 0 Å². The lowest BCUT2D eigenvalue weighted by Gasteiger charge is -2.19. The van der Waals surface area contributed by atoms with Gasteiger partial charge in [-0.25, -0.2) is 0 Å². The smallest absolute Gasteiger partial charge is 0.194 e. The standard InChI is InChI=1S/C18H16O2.C18H16/c1-3-11(2)12-8-9-15-16(10-12)18(20)14-7-5-4-6-13(14)17(15)19;1-3-7-15-13(5-1)9-11-18-16-8-4-2-6-14(16)10-12-17(15)18/h4-11H,3H2,1-2H3;1,3,5,7,9-12H,2,4,6,8H2. The SMILES string of the molecule is CCC(C)c1ccc2c(c1)C(=O)c1ccccc1C2=O.c1ccc2c(c1)ccc1c3c(ccc12)CCCC3. The summed E-state index contributed by atoms with van der Waals surface area (Å²) in [5, 5.41) is 5.64. The Morgan fingerprint density at radius 3 is 2.08 bits per heavy atom. The molecule has 2 aliphatic rings. The molecule has 0 bridgehead atoms. The van der Waals surface area contributed by atoms with E-state index in [-0.39, 0.29) is 11.6 Å². The second-order valence-corrected chi connectivity index (χ2v) is 10.6. The molecule has 2 aliphatic carbocycles. The van der Waals surface area contributed by atoms with Crippen LogP contribution >= 0.6 is 0 Å². The number of carbonyl (C=O) groups excluding carboxylic acids is 2. The fourth-order valence-electron chi connectivity index (χ4n) is 6.00. The van der Waals surface area contributed by atoms with Crippen LogP contribution in [0, 0.1) is 0 Å². The molecule has 0 amide bonds. The number of aryl methyl sites for hydroxylation is 2. The third-order valence-electron chi connectivity index (χ3n) is 8.39. The first-order chi connectivity index (χ1) is 18.6. The topological polar surface area (TPSA) is 34.1 Å². The zero-order valence-corrected chi connectivity index (χ0v) is 22.1. The van der Waals surface area contributed by atoms with Crippen LogP contribution in [0.2, 0.25) is 0 Å². The van der Waals surface area contributed by atoms with Crippen LogP contribution < -0.4 is 0 Å². The van der Waals surface area contributed by atoms with E-state index in [0.717, 1.165) is 12.0 Å². The molecule has 7 rings (SSSR count). The largest absolute Gasteiger partial charge is 0.289 e. The number of fused-ring (bicyclic) bond motifs is 7. The van der Waals surface area contributed by atoms with Gasteiger partial charge in [-0.1, -0.05) is 98.8 Å². The summed E-state index contributed by atoms with van der Waals surface area (Å²) in [5.41, 5.74) is 6.40. The van der Waals surface area contributed by atoms with Crippen LogP contribution in [0.25, 0.3) is 21.5 Å². The molecule has 188 valence electrons. The molecule has 5 aromatic carbocycles. The van der Waals surface area contributed by atoms with E-state index in [4.69, 9.17) is 0 Å². The number of carbonyl (C=O) groups is 2. The predicted octanol–water partition coefficient (Wildman–Crippen LogP) is 8.85. The Balaban J connectivity index is 0.000000140. The normalized spacial score (nSPS) is 14.8. The van der Waals surface area contributed by atoms with Crippen LogP contribution in [0.5, 0.6) is 0 Å². The molecule has 0 saturated heterocycles. The number of rotatable bonds is 2. The van der Waals surface area contributed by atoms with Gasteiger partial charge in [0, 0.05) is 22.3 Å². The molecular formula is C36H32O2. The van der Waals surface area contributed by atoms with E-state index in [1.54, 1.807) is 41.5 Å². The Bertz CT molecular complexity index is 1710. The summed E-state index contributed by atoms with van der Waals surface area (Å²) in [6, 6.07) is 30.7. The highest BCUT2D eigenvalue weighted by Crippen LogP contribution is 2.33. The zero-order chi connectivity index (χ0) is 26.2. The van der Waals surface area contributed by atoms with Crippen LogP contribution in [0.4, 0.5) is 0 Å². The molecule has 0 saturated carbocycles. The lowest BCUT2D eigenvalue weighted by atomic mass is 9.82. The first-order valence-electron chi connectivity index (χ1n) is 13.8. The van der Waals surface area contributed by atoms with E-state index in [9.17, 15) is 9.59 Å². The Morgan fingerprint density at radius 1 is 0.632 bits per heavy atom. The Kier molecular flexibility index (Phi) is 6.41. The van der Waals surface area contributed by atoms with Crippen LogP contribution in [0.15, 0.2) is 91.0 Å². The molecule has 5 aromatic rings. The summed E-state index contributed by atoms with van der Waals surface area (Å²) in [6.07, 6.45) is 6.23. The zero-order valence-electron chi connectivity index (χ0n) is 22.1. The first-order valence-corrected chi connectivity index (χ1v) is 13.8. The molecule has 1 unspecified atom stereocenters. The molecule has 0 aliphatic heterocycles. The fraction of sp³-hybridized carbons (Fsp3) is 0.222. The lowest BCUT2D eigenvalue weighted by Crippen LogP contribution is -2.21. The molecule has 0 fully saturated rings. The molecule has 0 radical (unpaired) electrons. The number of benzene rings is 5. The quantitative estimate of drug-likeness (QED) is 0.224. The summed E-state index contributed by atoms with van der Waals surface area (Å²) in [6.45, 7) is 4.25. The third-order valence-corrected chi connectivity index (χ3v) is 8.39. The van der Waals surface area contributed by atoms with Gasteiger partial charge in [0.05, 0.1) is 0 Å². The van der Waals surface area contributed by atoms with E-state index < -0.39 is 0 Å². The van der Waals surface area contributed by atoms with E-state index in [2.05, 4.69) is 62.4 Å². The van der Waals surface area contributed by atoms with E-state index in [0.29, 0.717) is 28.2 Å². The molecule has 0 aromatic heterocycles. The Hall–Kier alpha value is -4.04. The number of ketones is 2. The average molecular weight is 497 g/mol. The maximum absolute atomic E-state index is 12.6. The van der Waals surface area contributed by atoms with Crippen molar-refractivity contribution in [3.05, 3.63) is 130 Å². The molecule has 1 atom stereocenters. The number of hydrogen-bond donors (Lipinski definition) is 0. The van der Waals surface area contributed by atoms with Crippen molar-refractivity contribution in [1.82, 2.24) is 0 Å². The second kappa shape index (κ2) is 10.0. The minimum absolute atomic E-state index is 0.0413. The average Bonchev–Trinajstić information content (AvgIpc) is 2.99. The van der Waals surface area contributed by atoms with Crippen molar-refractivity contribution >= 4 is 33.1 Å². The summed E-state index contributed by atoms with van der Waals surface area (Å²) in [7, 11) is 0. The summed E-state index contributed by atoms with van der Waals surface area (Å²) >= 11 is 0. The number of hydrogen-bond acceptors (Lipinski definition) is 2. The predicted molar refractivity (Wildman–Crippen MR) is 157 cm³/mol. The molecule has 0 spiro atoms. The van der Waals surface area contributed by atoms with Gasteiger partial charge >= 0.3 is 0 Å². The fourth-order valence-corrected chi connectivity index (χ4v) is 6.00. The Morgan fingerprint density at radius 2 is 1.29 bits per heavy atom. The van der Waals surface area contributed by atoms with E-state index >= 15 is 0 Å². The van der Waals surface area contributed by atoms with Crippen LogP contribution in [0.3, 0.4) is 0 Å².